The van der Waals surface area contributed by atoms with Crippen molar-refractivity contribution < 1.29 is 9.53 Å². The van der Waals surface area contributed by atoms with Crippen molar-refractivity contribution >= 4 is 22.4 Å². The predicted octanol–water partition coefficient (Wildman–Crippen LogP) is 5.19. The molecule has 0 atom stereocenters. The lowest BCUT2D eigenvalue weighted by atomic mass is 10.0. The van der Waals surface area contributed by atoms with Crippen LogP contribution in [-0.2, 0) is 0 Å². The minimum Gasteiger partial charge on any atom is -0.497 e. The molecule has 0 fully saturated rings. The molecule has 0 saturated heterocycles. The second-order valence-electron chi connectivity index (χ2n) is 6.00. The lowest BCUT2D eigenvalue weighted by Crippen LogP contribution is -2.11. The number of carbonyl (C=O) groups is 1. The van der Waals surface area contributed by atoms with Gasteiger partial charge in [0, 0.05) is 16.5 Å². The van der Waals surface area contributed by atoms with Crippen LogP contribution in [0.2, 0.25) is 0 Å². The van der Waals surface area contributed by atoms with Gasteiger partial charge in [-0.2, -0.15) is 0 Å². The van der Waals surface area contributed by atoms with E-state index in [1.54, 1.807) is 31.4 Å². The smallest absolute Gasteiger partial charge is 0.257 e. The van der Waals surface area contributed by atoms with Gasteiger partial charge in [0.25, 0.3) is 5.91 Å². The van der Waals surface area contributed by atoms with E-state index in [2.05, 4.69) is 48.4 Å². The number of nitrogens with one attached hydrogen (secondary N) is 1. The third-order valence-electron chi connectivity index (χ3n) is 3.93. The quantitative estimate of drug-likeness (QED) is 0.687. The largest absolute Gasteiger partial charge is 0.497 e. The number of amides is 1. The van der Waals surface area contributed by atoms with E-state index in [9.17, 15) is 4.79 Å². The molecule has 0 aliphatic rings. The number of hydrogen-bond donors (Lipinski definition) is 1. The predicted molar refractivity (Wildman–Crippen MR) is 103 cm³/mol. The highest BCUT2D eigenvalue weighted by Gasteiger charge is 2.11. The van der Waals surface area contributed by atoms with E-state index in [0.29, 0.717) is 22.4 Å². The van der Waals surface area contributed by atoms with Gasteiger partial charge < -0.3 is 4.74 Å². The molecule has 4 nitrogen and oxygen atoms in total. The molecular weight excluding hydrogens is 332 g/mol. The number of aromatic nitrogens is 1. The summed E-state index contributed by atoms with van der Waals surface area (Å²) in [4.78, 5) is 16.9. The molecule has 25 heavy (non-hydrogen) atoms. The van der Waals surface area contributed by atoms with Crippen LogP contribution in [0, 0.1) is 0 Å². The van der Waals surface area contributed by atoms with Gasteiger partial charge in [-0.15, -0.1) is 11.3 Å². The average molecular weight is 352 g/mol. The standard InChI is InChI=1S/C20H20N2O2S/c1-13(2)14-7-9-15(10-8-14)18-12-25-20(21-18)22-19(23)16-5-4-6-17(11-16)24-3/h4-13H,1-3H3,(H,21,22,23). The van der Waals surface area contributed by atoms with Gasteiger partial charge in [-0.3, -0.25) is 10.1 Å². The fraction of sp³-hybridized carbons (Fsp3) is 0.200. The van der Waals surface area contributed by atoms with Crippen molar-refractivity contribution in [3.8, 4) is 17.0 Å². The van der Waals surface area contributed by atoms with E-state index in [4.69, 9.17) is 4.74 Å². The first-order valence-electron chi connectivity index (χ1n) is 8.08. The zero-order valence-corrected chi connectivity index (χ0v) is 15.3. The van der Waals surface area contributed by atoms with Crippen molar-refractivity contribution in [2.75, 3.05) is 12.4 Å². The summed E-state index contributed by atoms with van der Waals surface area (Å²) >= 11 is 1.41. The highest BCUT2D eigenvalue weighted by atomic mass is 32.1. The van der Waals surface area contributed by atoms with Crippen LogP contribution < -0.4 is 10.1 Å². The maximum Gasteiger partial charge on any atom is 0.257 e. The monoisotopic (exact) mass is 352 g/mol. The van der Waals surface area contributed by atoms with Crippen molar-refractivity contribution in [2.45, 2.75) is 19.8 Å². The molecule has 1 heterocycles. The number of thiazole rings is 1. The van der Waals surface area contributed by atoms with Gasteiger partial charge in [-0.05, 0) is 29.7 Å². The molecule has 1 N–H and O–H groups in total. The van der Waals surface area contributed by atoms with E-state index in [0.717, 1.165) is 11.3 Å². The van der Waals surface area contributed by atoms with Crippen molar-refractivity contribution in [1.29, 1.82) is 0 Å². The number of benzene rings is 2. The van der Waals surface area contributed by atoms with Crippen LogP contribution in [-0.4, -0.2) is 18.0 Å². The van der Waals surface area contributed by atoms with Crippen LogP contribution in [0.1, 0.15) is 35.7 Å². The summed E-state index contributed by atoms with van der Waals surface area (Å²) in [6.45, 7) is 4.34. The molecule has 0 radical (unpaired) electrons. The first-order chi connectivity index (χ1) is 12.1. The Hall–Kier alpha value is -2.66. The summed E-state index contributed by atoms with van der Waals surface area (Å²) < 4.78 is 5.15. The number of ether oxygens (including phenoxy) is 1. The highest BCUT2D eigenvalue weighted by molar-refractivity contribution is 7.14. The van der Waals surface area contributed by atoms with Crippen molar-refractivity contribution in [1.82, 2.24) is 4.98 Å². The topological polar surface area (TPSA) is 51.2 Å². The Morgan fingerprint density at radius 3 is 2.60 bits per heavy atom. The van der Waals surface area contributed by atoms with Gasteiger partial charge in [0.1, 0.15) is 5.75 Å². The Bertz CT molecular complexity index is 869. The molecule has 0 bridgehead atoms. The highest BCUT2D eigenvalue weighted by Crippen LogP contribution is 2.27. The number of hydrogen-bond acceptors (Lipinski definition) is 4. The second kappa shape index (κ2) is 7.49. The summed E-state index contributed by atoms with van der Waals surface area (Å²) in [7, 11) is 1.58. The molecule has 0 spiro atoms. The Kier molecular flexibility index (Phi) is 5.14. The van der Waals surface area contributed by atoms with E-state index >= 15 is 0 Å². The summed E-state index contributed by atoms with van der Waals surface area (Å²) in [6.07, 6.45) is 0. The summed E-state index contributed by atoms with van der Waals surface area (Å²) in [5, 5.41) is 5.37. The number of carbonyl (C=O) groups excluding carboxylic acids is 1. The molecule has 0 unspecified atom stereocenters. The van der Waals surface area contributed by atoms with Crippen LogP contribution in [0.4, 0.5) is 5.13 Å². The third kappa shape index (κ3) is 4.06. The SMILES string of the molecule is COc1cccc(C(=O)Nc2nc(-c3ccc(C(C)C)cc3)cs2)c1. The van der Waals surface area contributed by atoms with E-state index < -0.39 is 0 Å². The van der Waals surface area contributed by atoms with Gasteiger partial charge >= 0.3 is 0 Å². The van der Waals surface area contributed by atoms with Gasteiger partial charge in [-0.1, -0.05) is 44.2 Å². The third-order valence-corrected chi connectivity index (χ3v) is 4.69. The Labute approximate surface area is 151 Å². The molecular formula is C20H20N2O2S. The van der Waals surface area contributed by atoms with Crippen LogP contribution in [0.15, 0.2) is 53.9 Å². The van der Waals surface area contributed by atoms with Crippen LogP contribution in [0.25, 0.3) is 11.3 Å². The fourth-order valence-corrected chi connectivity index (χ4v) is 3.15. The van der Waals surface area contributed by atoms with Crippen molar-refractivity contribution in [3.05, 3.63) is 65.0 Å². The lowest BCUT2D eigenvalue weighted by Gasteiger charge is -2.05. The Morgan fingerprint density at radius 2 is 1.92 bits per heavy atom. The van der Waals surface area contributed by atoms with Crippen LogP contribution >= 0.6 is 11.3 Å². The number of methoxy groups -OCH3 is 1. The molecule has 128 valence electrons. The number of rotatable bonds is 5. The first kappa shape index (κ1) is 17.2. The fourth-order valence-electron chi connectivity index (χ4n) is 2.44. The minimum atomic E-state index is -0.199. The van der Waals surface area contributed by atoms with Gasteiger partial charge in [-0.25, -0.2) is 4.98 Å². The molecule has 0 saturated carbocycles. The molecule has 5 heteroatoms. The summed E-state index contributed by atoms with van der Waals surface area (Å²) in [6, 6.07) is 15.4. The van der Waals surface area contributed by atoms with Crippen molar-refractivity contribution in [3.63, 3.8) is 0 Å². The minimum absolute atomic E-state index is 0.199. The zero-order chi connectivity index (χ0) is 17.8. The molecule has 3 aromatic rings. The molecule has 0 aliphatic heterocycles. The summed E-state index contributed by atoms with van der Waals surface area (Å²) in [5.74, 6) is 0.954. The Balaban J connectivity index is 1.73. The first-order valence-corrected chi connectivity index (χ1v) is 8.96. The Morgan fingerprint density at radius 1 is 1.16 bits per heavy atom. The average Bonchev–Trinajstić information content (AvgIpc) is 3.10. The van der Waals surface area contributed by atoms with Crippen LogP contribution in [0.5, 0.6) is 5.75 Å². The number of nitrogens with zero attached hydrogens (tertiary/aromatic N) is 1. The van der Waals surface area contributed by atoms with Crippen LogP contribution in [0.3, 0.4) is 0 Å². The van der Waals surface area contributed by atoms with Gasteiger partial charge in [0.15, 0.2) is 5.13 Å². The molecule has 1 amide bonds. The molecule has 1 aromatic heterocycles. The van der Waals surface area contributed by atoms with E-state index in [1.165, 1.54) is 16.9 Å². The normalized spacial score (nSPS) is 10.7. The second-order valence-corrected chi connectivity index (χ2v) is 6.86. The van der Waals surface area contributed by atoms with E-state index in [-0.39, 0.29) is 5.91 Å². The van der Waals surface area contributed by atoms with Crippen molar-refractivity contribution in [2.24, 2.45) is 0 Å². The van der Waals surface area contributed by atoms with Gasteiger partial charge in [0.2, 0.25) is 0 Å². The maximum absolute atomic E-state index is 12.3. The molecule has 2 aromatic carbocycles. The lowest BCUT2D eigenvalue weighted by molar-refractivity contribution is 0.102. The van der Waals surface area contributed by atoms with Gasteiger partial charge in [0.05, 0.1) is 12.8 Å². The number of anilines is 1. The zero-order valence-electron chi connectivity index (χ0n) is 14.4. The van der Waals surface area contributed by atoms with E-state index in [1.807, 2.05) is 5.38 Å². The summed E-state index contributed by atoms with van der Waals surface area (Å²) in [5.41, 5.74) is 3.74. The molecule has 3 rings (SSSR count). The molecule has 0 aliphatic carbocycles. The maximum atomic E-state index is 12.3.